The second-order valence-electron chi connectivity index (χ2n) is 6.80. The predicted molar refractivity (Wildman–Crippen MR) is 108 cm³/mol. The van der Waals surface area contributed by atoms with Crippen molar-refractivity contribution in [3.63, 3.8) is 0 Å². The number of hydrogen-bond acceptors (Lipinski definition) is 4. The first-order chi connectivity index (χ1) is 13.6. The summed E-state index contributed by atoms with van der Waals surface area (Å²) in [5, 5.41) is -0.390. The Kier molecular flexibility index (Phi) is 5.22. The van der Waals surface area contributed by atoms with Crippen molar-refractivity contribution in [1.29, 1.82) is 0 Å². The average molecular weight is 397 g/mol. The number of carbonyl (C=O) groups excluding carboxylic acids is 2. The van der Waals surface area contributed by atoms with Crippen LogP contribution in [0.25, 0.3) is 6.08 Å². The van der Waals surface area contributed by atoms with Crippen LogP contribution in [0.5, 0.6) is 5.75 Å². The lowest BCUT2D eigenvalue weighted by Crippen LogP contribution is -2.27. The SMILES string of the molecule is CCOc1cc2c(cc1C=C1SC(=O)N(Cc3ccccc3F)C1=O)CCC2. The lowest BCUT2D eigenvalue weighted by Gasteiger charge is -2.13. The lowest BCUT2D eigenvalue weighted by atomic mass is 10.0. The number of nitrogens with zero attached hydrogens (tertiary/aromatic N) is 1. The molecule has 4 nitrogen and oxygen atoms in total. The number of fused-ring (bicyclic) bond motifs is 1. The Balaban J connectivity index is 1.63. The third kappa shape index (κ3) is 3.56. The van der Waals surface area contributed by atoms with Crippen molar-refractivity contribution in [1.82, 2.24) is 4.90 Å². The largest absolute Gasteiger partial charge is 0.493 e. The van der Waals surface area contributed by atoms with Gasteiger partial charge in [0.1, 0.15) is 11.6 Å². The molecule has 0 unspecified atom stereocenters. The van der Waals surface area contributed by atoms with Crippen LogP contribution in [0.4, 0.5) is 9.18 Å². The third-order valence-electron chi connectivity index (χ3n) is 4.97. The number of aryl methyl sites for hydroxylation is 2. The van der Waals surface area contributed by atoms with Gasteiger partial charge in [-0.15, -0.1) is 0 Å². The number of rotatable bonds is 5. The van der Waals surface area contributed by atoms with E-state index in [1.807, 2.05) is 13.0 Å². The van der Waals surface area contributed by atoms with Crippen LogP contribution in [-0.2, 0) is 24.2 Å². The summed E-state index contributed by atoms with van der Waals surface area (Å²) < 4.78 is 19.7. The van der Waals surface area contributed by atoms with Gasteiger partial charge in [-0.1, -0.05) is 18.2 Å². The molecule has 144 valence electrons. The molecule has 28 heavy (non-hydrogen) atoms. The minimum absolute atomic E-state index is 0.0722. The highest BCUT2D eigenvalue weighted by atomic mass is 32.2. The Morgan fingerprint density at radius 1 is 1.18 bits per heavy atom. The summed E-state index contributed by atoms with van der Waals surface area (Å²) in [6.45, 7) is 2.37. The Bertz CT molecular complexity index is 986. The summed E-state index contributed by atoms with van der Waals surface area (Å²) in [7, 11) is 0. The molecule has 1 heterocycles. The molecule has 1 aliphatic heterocycles. The fourth-order valence-corrected chi connectivity index (χ4v) is 4.42. The number of ether oxygens (including phenoxy) is 1. The topological polar surface area (TPSA) is 46.6 Å². The van der Waals surface area contributed by atoms with E-state index in [1.165, 1.54) is 17.2 Å². The molecule has 0 spiro atoms. The number of thioether (sulfide) groups is 1. The van der Waals surface area contributed by atoms with E-state index in [0.717, 1.165) is 47.2 Å². The maximum atomic E-state index is 13.9. The van der Waals surface area contributed by atoms with Crippen molar-refractivity contribution in [2.45, 2.75) is 32.7 Å². The molecule has 2 aliphatic rings. The Labute approximate surface area is 167 Å². The van der Waals surface area contributed by atoms with Crippen LogP contribution in [0.1, 0.15) is 35.6 Å². The number of benzene rings is 2. The van der Waals surface area contributed by atoms with E-state index in [9.17, 15) is 14.0 Å². The fraction of sp³-hybridized carbons (Fsp3) is 0.273. The van der Waals surface area contributed by atoms with Crippen LogP contribution in [0.3, 0.4) is 0 Å². The van der Waals surface area contributed by atoms with Crippen LogP contribution < -0.4 is 4.74 Å². The second kappa shape index (κ2) is 7.80. The van der Waals surface area contributed by atoms with Gasteiger partial charge in [0.2, 0.25) is 0 Å². The molecule has 2 amide bonds. The van der Waals surface area contributed by atoms with Gasteiger partial charge in [0.15, 0.2) is 0 Å². The van der Waals surface area contributed by atoms with Crippen molar-refractivity contribution in [2.75, 3.05) is 6.61 Å². The average Bonchev–Trinajstić information content (AvgIpc) is 3.23. The van der Waals surface area contributed by atoms with Gasteiger partial charge in [-0.25, -0.2) is 4.39 Å². The zero-order valence-corrected chi connectivity index (χ0v) is 16.4. The Morgan fingerprint density at radius 2 is 1.93 bits per heavy atom. The number of hydrogen-bond donors (Lipinski definition) is 0. The summed E-state index contributed by atoms with van der Waals surface area (Å²) in [5.41, 5.74) is 3.67. The van der Waals surface area contributed by atoms with E-state index in [2.05, 4.69) is 6.07 Å². The lowest BCUT2D eigenvalue weighted by molar-refractivity contribution is -0.123. The molecule has 2 aromatic carbocycles. The fourth-order valence-electron chi connectivity index (χ4n) is 3.59. The summed E-state index contributed by atoms with van der Waals surface area (Å²) in [6, 6.07) is 10.3. The van der Waals surface area contributed by atoms with E-state index in [4.69, 9.17) is 4.74 Å². The molecular weight excluding hydrogens is 377 g/mol. The van der Waals surface area contributed by atoms with Crippen molar-refractivity contribution in [2.24, 2.45) is 0 Å². The van der Waals surface area contributed by atoms with Crippen molar-refractivity contribution in [3.05, 3.63) is 69.4 Å². The standard InChI is InChI=1S/C22H20FNO3S/c1-2-27-19-11-15-8-5-7-14(15)10-17(19)12-20-21(25)24(22(26)28-20)13-16-6-3-4-9-18(16)23/h3-4,6,9-12H,2,5,7-8,13H2,1H3. The normalized spacial score (nSPS) is 17.5. The summed E-state index contributed by atoms with van der Waals surface area (Å²) >= 11 is 0.882. The van der Waals surface area contributed by atoms with Gasteiger partial charge in [0.05, 0.1) is 18.1 Å². The molecule has 2 aromatic rings. The highest BCUT2D eigenvalue weighted by Crippen LogP contribution is 2.37. The van der Waals surface area contributed by atoms with E-state index in [-0.39, 0.29) is 6.54 Å². The molecule has 1 fully saturated rings. The zero-order valence-electron chi connectivity index (χ0n) is 15.5. The molecule has 0 bridgehead atoms. The van der Waals surface area contributed by atoms with Gasteiger partial charge in [-0.05, 0) is 73.4 Å². The first-order valence-corrected chi connectivity index (χ1v) is 10.2. The number of halogens is 1. The molecule has 0 radical (unpaired) electrons. The smallest absolute Gasteiger partial charge is 0.293 e. The van der Waals surface area contributed by atoms with Gasteiger partial charge in [0, 0.05) is 11.1 Å². The van der Waals surface area contributed by atoms with E-state index >= 15 is 0 Å². The summed E-state index contributed by atoms with van der Waals surface area (Å²) in [6.07, 6.45) is 4.88. The quantitative estimate of drug-likeness (QED) is 0.670. The highest BCUT2D eigenvalue weighted by Gasteiger charge is 2.35. The maximum Gasteiger partial charge on any atom is 0.293 e. The van der Waals surface area contributed by atoms with Gasteiger partial charge < -0.3 is 4.74 Å². The van der Waals surface area contributed by atoms with Crippen LogP contribution in [0, 0.1) is 5.82 Å². The molecular formula is C22H20FNO3S. The first-order valence-electron chi connectivity index (χ1n) is 9.34. The van der Waals surface area contributed by atoms with Crippen LogP contribution in [0.2, 0.25) is 0 Å². The second-order valence-corrected chi connectivity index (χ2v) is 7.80. The predicted octanol–water partition coefficient (Wildman–Crippen LogP) is 4.95. The summed E-state index contributed by atoms with van der Waals surface area (Å²) in [4.78, 5) is 26.6. The Hall–Kier alpha value is -2.60. The van der Waals surface area contributed by atoms with Crippen LogP contribution in [-0.4, -0.2) is 22.7 Å². The van der Waals surface area contributed by atoms with E-state index < -0.39 is 17.0 Å². The van der Waals surface area contributed by atoms with Crippen molar-refractivity contribution in [3.8, 4) is 5.75 Å². The van der Waals surface area contributed by atoms with Gasteiger partial charge >= 0.3 is 0 Å². The van der Waals surface area contributed by atoms with Crippen molar-refractivity contribution < 1.29 is 18.7 Å². The number of amides is 2. The van der Waals surface area contributed by atoms with Gasteiger partial charge in [-0.2, -0.15) is 0 Å². The minimum atomic E-state index is -0.428. The number of imide groups is 1. The monoisotopic (exact) mass is 397 g/mol. The zero-order chi connectivity index (χ0) is 19.7. The molecule has 0 atom stereocenters. The molecule has 1 aliphatic carbocycles. The summed E-state index contributed by atoms with van der Waals surface area (Å²) in [5.74, 6) is -0.104. The molecule has 6 heteroatoms. The molecule has 1 saturated heterocycles. The van der Waals surface area contributed by atoms with Gasteiger partial charge in [-0.3, -0.25) is 14.5 Å². The molecule has 4 rings (SSSR count). The minimum Gasteiger partial charge on any atom is -0.493 e. The maximum absolute atomic E-state index is 13.9. The molecule has 0 N–H and O–H groups in total. The van der Waals surface area contributed by atoms with Crippen LogP contribution >= 0.6 is 11.8 Å². The molecule has 0 saturated carbocycles. The van der Waals surface area contributed by atoms with Crippen LogP contribution in [0.15, 0.2) is 41.3 Å². The van der Waals surface area contributed by atoms with E-state index in [1.54, 1.807) is 24.3 Å². The Morgan fingerprint density at radius 3 is 2.68 bits per heavy atom. The van der Waals surface area contributed by atoms with Crippen molar-refractivity contribution >= 4 is 29.0 Å². The van der Waals surface area contributed by atoms with Gasteiger partial charge in [0.25, 0.3) is 11.1 Å². The molecule has 0 aromatic heterocycles. The van der Waals surface area contributed by atoms with E-state index in [0.29, 0.717) is 17.1 Å². The highest BCUT2D eigenvalue weighted by molar-refractivity contribution is 8.18. The first kappa shape index (κ1) is 18.7. The number of carbonyl (C=O) groups is 2. The third-order valence-corrected chi connectivity index (χ3v) is 5.88.